The summed E-state index contributed by atoms with van der Waals surface area (Å²) in [4.78, 5) is 0. The molecule has 5 heteroatoms. The molecule has 1 atom stereocenters. The number of aryl methyl sites for hydroxylation is 1. The van der Waals surface area contributed by atoms with Crippen LogP contribution in [-0.2, 0) is 0 Å². The Morgan fingerprint density at radius 3 is 2.33 bits per heavy atom. The fourth-order valence-electron chi connectivity index (χ4n) is 2.24. The van der Waals surface area contributed by atoms with Gasteiger partial charge < -0.3 is 15.2 Å². The molecular formula is C16H17BrClNO2. The van der Waals surface area contributed by atoms with Crippen LogP contribution in [0.3, 0.4) is 0 Å². The first-order valence-electron chi connectivity index (χ1n) is 6.41. The number of nitrogens with two attached hydrogens (primary N) is 1. The van der Waals surface area contributed by atoms with Gasteiger partial charge in [-0.15, -0.1) is 0 Å². The third-order valence-electron chi connectivity index (χ3n) is 3.42. The quantitative estimate of drug-likeness (QED) is 0.863. The van der Waals surface area contributed by atoms with E-state index in [1.54, 1.807) is 14.2 Å². The average Bonchev–Trinajstić information content (AvgIpc) is 2.48. The number of ether oxygens (including phenoxy) is 2. The summed E-state index contributed by atoms with van der Waals surface area (Å²) >= 11 is 9.53. The van der Waals surface area contributed by atoms with Gasteiger partial charge in [0.05, 0.1) is 24.7 Å². The summed E-state index contributed by atoms with van der Waals surface area (Å²) in [5, 5.41) is 0.661. The summed E-state index contributed by atoms with van der Waals surface area (Å²) < 4.78 is 11.6. The van der Waals surface area contributed by atoms with E-state index >= 15 is 0 Å². The topological polar surface area (TPSA) is 44.5 Å². The fraction of sp³-hybridized carbons (Fsp3) is 0.250. The molecule has 0 aliphatic heterocycles. The molecule has 3 nitrogen and oxygen atoms in total. The Morgan fingerprint density at radius 2 is 1.71 bits per heavy atom. The van der Waals surface area contributed by atoms with Gasteiger partial charge in [-0.2, -0.15) is 0 Å². The van der Waals surface area contributed by atoms with E-state index in [1.165, 1.54) is 0 Å². The molecule has 0 saturated heterocycles. The highest BCUT2D eigenvalue weighted by Gasteiger charge is 2.19. The fourth-order valence-corrected chi connectivity index (χ4v) is 2.91. The zero-order chi connectivity index (χ0) is 15.6. The van der Waals surface area contributed by atoms with Crippen LogP contribution < -0.4 is 15.2 Å². The van der Waals surface area contributed by atoms with Crippen molar-refractivity contribution in [3.63, 3.8) is 0 Å². The van der Waals surface area contributed by atoms with E-state index in [0.717, 1.165) is 21.2 Å². The molecule has 0 aromatic heterocycles. The lowest BCUT2D eigenvalue weighted by molar-refractivity contribution is 0.395. The summed E-state index contributed by atoms with van der Waals surface area (Å²) in [7, 11) is 3.24. The number of rotatable bonds is 4. The molecule has 0 aliphatic rings. The van der Waals surface area contributed by atoms with Crippen molar-refractivity contribution >= 4 is 27.5 Å². The molecule has 0 fully saturated rings. The molecule has 0 spiro atoms. The highest BCUT2D eigenvalue weighted by molar-refractivity contribution is 9.10. The molecule has 112 valence electrons. The maximum absolute atomic E-state index is 6.43. The van der Waals surface area contributed by atoms with Crippen molar-refractivity contribution in [1.29, 1.82) is 0 Å². The molecule has 2 N–H and O–H groups in total. The predicted octanol–water partition coefficient (Wildman–Crippen LogP) is 4.48. The molecule has 0 aliphatic carbocycles. The minimum Gasteiger partial charge on any atom is -0.496 e. The largest absolute Gasteiger partial charge is 0.496 e. The van der Waals surface area contributed by atoms with Crippen LogP contribution in [0.25, 0.3) is 0 Å². The molecule has 0 amide bonds. The van der Waals surface area contributed by atoms with Crippen molar-refractivity contribution in [2.45, 2.75) is 13.0 Å². The Bertz CT molecular complexity index is 661. The Kier molecular flexibility index (Phi) is 5.14. The molecule has 0 bridgehead atoms. The van der Waals surface area contributed by atoms with Crippen molar-refractivity contribution in [3.8, 4) is 11.5 Å². The van der Waals surface area contributed by atoms with Gasteiger partial charge in [0.25, 0.3) is 0 Å². The van der Waals surface area contributed by atoms with E-state index in [0.29, 0.717) is 16.5 Å². The van der Waals surface area contributed by atoms with E-state index in [2.05, 4.69) is 15.9 Å². The lowest BCUT2D eigenvalue weighted by atomic mass is 9.95. The Balaban J connectivity index is 2.56. The average molecular weight is 371 g/mol. The smallest absolute Gasteiger partial charge is 0.133 e. The van der Waals surface area contributed by atoms with Gasteiger partial charge in [-0.1, -0.05) is 17.7 Å². The minimum absolute atomic E-state index is 0.347. The van der Waals surface area contributed by atoms with E-state index in [1.807, 2.05) is 37.3 Å². The van der Waals surface area contributed by atoms with Crippen LogP contribution in [-0.4, -0.2) is 14.2 Å². The standard InChI is InChI=1S/C16H17BrClNO2/c1-9-4-5-10(18)6-11(9)16(19)12-7-15(21-3)13(17)8-14(12)20-2/h4-8,16H,19H2,1-3H3. The zero-order valence-electron chi connectivity index (χ0n) is 12.1. The van der Waals surface area contributed by atoms with Crippen molar-refractivity contribution < 1.29 is 9.47 Å². The number of benzene rings is 2. The van der Waals surface area contributed by atoms with Crippen molar-refractivity contribution in [1.82, 2.24) is 0 Å². The van der Waals surface area contributed by atoms with Gasteiger partial charge in [-0.3, -0.25) is 0 Å². The first-order valence-corrected chi connectivity index (χ1v) is 7.58. The van der Waals surface area contributed by atoms with Crippen LogP contribution in [0.2, 0.25) is 5.02 Å². The SMILES string of the molecule is COc1cc(C(N)c2cc(Cl)ccc2C)c(OC)cc1Br. The van der Waals surface area contributed by atoms with Crippen molar-refractivity contribution in [2.75, 3.05) is 14.2 Å². The Morgan fingerprint density at radius 1 is 1.05 bits per heavy atom. The van der Waals surface area contributed by atoms with Crippen molar-refractivity contribution in [3.05, 3.63) is 56.5 Å². The highest BCUT2D eigenvalue weighted by atomic mass is 79.9. The van der Waals surface area contributed by atoms with Gasteiger partial charge in [0.2, 0.25) is 0 Å². The second kappa shape index (κ2) is 6.69. The minimum atomic E-state index is -0.347. The number of hydrogen-bond donors (Lipinski definition) is 1. The highest BCUT2D eigenvalue weighted by Crippen LogP contribution is 2.38. The summed E-state index contributed by atoms with van der Waals surface area (Å²) in [6, 6.07) is 9.09. The zero-order valence-corrected chi connectivity index (χ0v) is 14.5. The molecule has 2 rings (SSSR count). The predicted molar refractivity (Wildman–Crippen MR) is 89.5 cm³/mol. The van der Waals surface area contributed by atoms with E-state index in [9.17, 15) is 0 Å². The second-order valence-corrected chi connectivity index (χ2v) is 6.00. The second-order valence-electron chi connectivity index (χ2n) is 4.71. The first kappa shape index (κ1) is 16.1. The Labute approximate surface area is 138 Å². The number of hydrogen-bond acceptors (Lipinski definition) is 3. The van der Waals surface area contributed by atoms with Gasteiger partial charge in [-0.05, 0) is 58.2 Å². The molecule has 1 unspecified atom stereocenters. The van der Waals surface area contributed by atoms with Crippen LogP contribution in [0, 0.1) is 6.92 Å². The molecule has 0 heterocycles. The summed E-state index contributed by atoms with van der Waals surface area (Å²) in [6.07, 6.45) is 0. The van der Waals surface area contributed by atoms with Crippen molar-refractivity contribution in [2.24, 2.45) is 5.73 Å². The molecular weight excluding hydrogens is 354 g/mol. The summed E-state index contributed by atoms with van der Waals surface area (Å²) in [6.45, 7) is 2.01. The number of halogens is 2. The molecule has 2 aromatic rings. The van der Waals surface area contributed by atoms with Crippen LogP contribution in [0.4, 0.5) is 0 Å². The lowest BCUT2D eigenvalue weighted by Crippen LogP contribution is -2.14. The normalized spacial score (nSPS) is 12.1. The third kappa shape index (κ3) is 3.34. The maximum Gasteiger partial charge on any atom is 0.133 e. The van der Waals surface area contributed by atoms with Crippen LogP contribution in [0.5, 0.6) is 11.5 Å². The van der Waals surface area contributed by atoms with Crippen LogP contribution in [0.1, 0.15) is 22.7 Å². The van der Waals surface area contributed by atoms with Gasteiger partial charge >= 0.3 is 0 Å². The van der Waals surface area contributed by atoms with Gasteiger partial charge in [0.1, 0.15) is 11.5 Å². The maximum atomic E-state index is 6.43. The molecule has 0 saturated carbocycles. The first-order chi connectivity index (χ1) is 9.97. The lowest BCUT2D eigenvalue weighted by Gasteiger charge is -2.20. The summed E-state index contributed by atoms with van der Waals surface area (Å²) in [5.41, 5.74) is 9.32. The van der Waals surface area contributed by atoms with E-state index in [4.69, 9.17) is 26.8 Å². The van der Waals surface area contributed by atoms with Crippen LogP contribution >= 0.6 is 27.5 Å². The van der Waals surface area contributed by atoms with Crippen LogP contribution in [0.15, 0.2) is 34.8 Å². The summed E-state index contributed by atoms with van der Waals surface area (Å²) in [5.74, 6) is 1.41. The molecule has 2 aromatic carbocycles. The van der Waals surface area contributed by atoms with E-state index in [-0.39, 0.29) is 6.04 Å². The molecule has 21 heavy (non-hydrogen) atoms. The molecule has 0 radical (unpaired) electrons. The van der Waals surface area contributed by atoms with Gasteiger partial charge in [-0.25, -0.2) is 0 Å². The third-order valence-corrected chi connectivity index (χ3v) is 4.27. The van der Waals surface area contributed by atoms with Gasteiger partial charge in [0.15, 0.2) is 0 Å². The number of methoxy groups -OCH3 is 2. The van der Waals surface area contributed by atoms with Gasteiger partial charge in [0, 0.05) is 10.6 Å². The monoisotopic (exact) mass is 369 g/mol. The Hall–Kier alpha value is -1.23. The van der Waals surface area contributed by atoms with E-state index < -0.39 is 0 Å².